The van der Waals surface area contributed by atoms with Gasteiger partial charge in [0.15, 0.2) is 0 Å². The first-order chi connectivity index (χ1) is 7.75. The molecule has 0 fully saturated rings. The third-order valence-corrected chi connectivity index (χ3v) is 2.23. The molecule has 0 spiro atoms. The van der Waals surface area contributed by atoms with Gasteiger partial charge in [-0.2, -0.15) is 0 Å². The van der Waals surface area contributed by atoms with E-state index in [1.165, 1.54) is 16.8 Å². The number of carbonyl (C=O) groups is 3. The van der Waals surface area contributed by atoms with Gasteiger partial charge in [-0.05, 0) is 6.42 Å². The van der Waals surface area contributed by atoms with E-state index in [1.54, 1.807) is 14.1 Å². The van der Waals surface area contributed by atoms with Crippen LogP contribution in [0, 0.1) is 0 Å². The van der Waals surface area contributed by atoms with Crippen molar-refractivity contribution < 1.29 is 19.5 Å². The number of carboxylic acid groups (broad SMARTS) is 1. The summed E-state index contributed by atoms with van der Waals surface area (Å²) in [5.41, 5.74) is 5.54. The van der Waals surface area contributed by atoms with Crippen molar-refractivity contribution in [3.63, 3.8) is 0 Å². The zero-order valence-corrected chi connectivity index (χ0v) is 10.3. The van der Waals surface area contributed by atoms with E-state index in [2.05, 4.69) is 0 Å². The minimum Gasteiger partial charge on any atom is -0.481 e. The molecule has 0 aliphatic heterocycles. The highest BCUT2D eigenvalue weighted by Crippen LogP contribution is 1.99. The third-order valence-electron chi connectivity index (χ3n) is 2.23. The first-order valence-corrected chi connectivity index (χ1v) is 5.18. The molecule has 0 radical (unpaired) electrons. The van der Waals surface area contributed by atoms with Gasteiger partial charge >= 0.3 is 5.97 Å². The molecule has 0 aliphatic carbocycles. The molecule has 7 nitrogen and oxygen atoms in total. The molecule has 0 saturated carbocycles. The maximum absolute atomic E-state index is 11.7. The van der Waals surface area contributed by atoms with Crippen LogP contribution in [0.15, 0.2) is 0 Å². The summed E-state index contributed by atoms with van der Waals surface area (Å²) in [4.78, 5) is 35.9. The number of carbonyl (C=O) groups excluding carboxylic acids is 2. The monoisotopic (exact) mass is 245 g/mol. The summed E-state index contributed by atoms with van der Waals surface area (Å²) in [7, 11) is 4.64. The van der Waals surface area contributed by atoms with Gasteiger partial charge in [0.1, 0.15) is 0 Å². The Morgan fingerprint density at radius 3 is 2.18 bits per heavy atom. The highest BCUT2D eigenvalue weighted by molar-refractivity contribution is 5.87. The van der Waals surface area contributed by atoms with Gasteiger partial charge in [0.05, 0.1) is 12.6 Å². The van der Waals surface area contributed by atoms with Crippen molar-refractivity contribution in [1.82, 2.24) is 9.80 Å². The number of likely N-dealkylation sites (N-methyl/N-ethyl adjacent to an activating group) is 2. The molecular formula is C10H19N3O4. The molecule has 0 heterocycles. The lowest BCUT2D eigenvalue weighted by Gasteiger charge is -2.22. The predicted octanol–water partition coefficient (Wildman–Crippen LogP) is -1.27. The Morgan fingerprint density at radius 2 is 1.76 bits per heavy atom. The summed E-state index contributed by atoms with van der Waals surface area (Å²) in [6.45, 7) is -0.0629. The van der Waals surface area contributed by atoms with E-state index in [0.29, 0.717) is 0 Å². The van der Waals surface area contributed by atoms with Crippen molar-refractivity contribution in [3.8, 4) is 0 Å². The van der Waals surface area contributed by atoms with E-state index < -0.39 is 17.9 Å². The Balaban J connectivity index is 4.20. The van der Waals surface area contributed by atoms with Gasteiger partial charge in [-0.25, -0.2) is 0 Å². The Labute approximate surface area is 100 Å². The summed E-state index contributed by atoms with van der Waals surface area (Å²) in [6, 6.07) is -0.883. The van der Waals surface area contributed by atoms with Gasteiger partial charge in [0, 0.05) is 27.6 Å². The van der Waals surface area contributed by atoms with E-state index in [0.717, 1.165) is 0 Å². The Kier molecular flexibility index (Phi) is 6.19. The third kappa shape index (κ3) is 5.86. The number of hydrogen-bond acceptors (Lipinski definition) is 4. The lowest BCUT2D eigenvalue weighted by atomic mass is 10.1. The van der Waals surface area contributed by atoms with E-state index >= 15 is 0 Å². The summed E-state index contributed by atoms with van der Waals surface area (Å²) < 4.78 is 0. The summed E-state index contributed by atoms with van der Waals surface area (Å²) in [5.74, 6) is -1.65. The van der Waals surface area contributed by atoms with Crippen molar-refractivity contribution in [1.29, 1.82) is 0 Å². The van der Waals surface area contributed by atoms with Gasteiger partial charge < -0.3 is 20.6 Å². The fraction of sp³-hybridized carbons (Fsp3) is 0.700. The van der Waals surface area contributed by atoms with Gasteiger partial charge in [-0.3, -0.25) is 14.4 Å². The van der Waals surface area contributed by atoms with E-state index in [9.17, 15) is 14.4 Å². The van der Waals surface area contributed by atoms with Crippen molar-refractivity contribution in [3.05, 3.63) is 0 Å². The van der Waals surface area contributed by atoms with Crippen LogP contribution in [0.4, 0.5) is 0 Å². The number of carboxylic acids is 1. The Hall–Kier alpha value is -1.63. The van der Waals surface area contributed by atoms with Crippen molar-refractivity contribution in [2.24, 2.45) is 5.73 Å². The smallest absolute Gasteiger partial charge is 0.303 e. The largest absolute Gasteiger partial charge is 0.481 e. The molecule has 1 atom stereocenters. The lowest BCUT2D eigenvalue weighted by Crippen LogP contribution is -2.45. The second kappa shape index (κ2) is 6.85. The van der Waals surface area contributed by atoms with Crippen LogP contribution in [0.2, 0.25) is 0 Å². The molecular weight excluding hydrogens is 226 g/mol. The maximum atomic E-state index is 11.7. The summed E-state index contributed by atoms with van der Waals surface area (Å²) in [5, 5.41) is 8.46. The first-order valence-electron chi connectivity index (χ1n) is 5.18. The van der Waals surface area contributed by atoms with Crippen LogP contribution in [0.3, 0.4) is 0 Å². The molecule has 0 aromatic carbocycles. The van der Waals surface area contributed by atoms with Crippen LogP contribution in [-0.2, 0) is 14.4 Å². The molecule has 0 aliphatic rings. The summed E-state index contributed by atoms with van der Waals surface area (Å²) in [6.07, 6.45) is -0.100. The van der Waals surface area contributed by atoms with Crippen molar-refractivity contribution >= 4 is 17.8 Å². The van der Waals surface area contributed by atoms with Crippen molar-refractivity contribution in [2.75, 3.05) is 27.7 Å². The Bertz CT molecular complexity index is 304. The van der Waals surface area contributed by atoms with Crippen LogP contribution in [0.1, 0.15) is 12.8 Å². The molecule has 0 aromatic heterocycles. The second-order valence-electron chi connectivity index (χ2n) is 4.02. The van der Waals surface area contributed by atoms with Crippen molar-refractivity contribution in [2.45, 2.75) is 18.9 Å². The molecule has 17 heavy (non-hydrogen) atoms. The standard InChI is InChI=1S/C10H19N3O4/c1-12(2)8(14)6-13(3)10(17)7(11)4-5-9(15)16/h7H,4-6,11H2,1-3H3,(H,15,16). The molecule has 98 valence electrons. The molecule has 2 amide bonds. The molecule has 7 heteroatoms. The van der Waals surface area contributed by atoms with Gasteiger partial charge in [0.25, 0.3) is 0 Å². The number of rotatable bonds is 6. The quantitative estimate of drug-likeness (QED) is 0.607. The molecule has 1 unspecified atom stereocenters. The number of nitrogens with two attached hydrogens (primary N) is 1. The number of amides is 2. The normalized spacial score (nSPS) is 11.8. The SMILES string of the molecule is CN(C)C(=O)CN(C)C(=O)C(N)CCC(=O)O. The van der Waals surface area contributed by atoms with Gasteiger partial charge in [0.2, 0.25) is 11.8 Å². The highest BCUT2D eigenvalue weighted by Gasteiger charge is 2.21. The van der Waals surface area contributed by atoms with Crippen LogP contribution < -0.4 is 5.73 Å². The highest BCUT2D eigenvalue weighted by atomic mass is 16.4. The van der Waals surface area contributed by atoms with Crippen LogP contribution in [0.25, 0.3) is 0 Å². The zero-order valence-electron chi connectivity index (χ0n) is 10.3. The summed E-state index contributed by atoms with van der Waals surface area (Å²) >= 11 is 0. The van der Waals surface area contributed by atoms with E-state index in [-0.39, 0.29) is 25.3 Å². The van der Waals surface area contributed by atoms with Crippen LogP contribution >= 0.6 is 0 Å². The maximum Gasteiger partial charge on any atom is 0.303 e. The minimum atomic E-state index is -1.000. The number of hydrogen-bond donors (Lipinski definition) is 2. The number of aliphatic carboxylic acids is 1. The average molecular weight is 245 g/mol. The Morgan fingerprint density at radius 1 is 1.24 bits per heavy atom. The number of nitrogens with zero attached hydrogens (tertiary/aromatic N) is 2. The average Bonchev–Trinajstić information content (AvgIpc) is 2.24. The van der Waals surface area contributed by atoms with Crippen LogP contribution in [0.5, 0.6) is 0 Å². The molecule has 3 N–H and O–H groups in total. The fourth-order valence-electron chi connectivity index (χ4n) is 1.11. The van der Waals surface area contributed by atoms with E-state index in [4.69, 9.17) is 10.8 Å². The topological polar surface area (TPSA) is 104 Å². The second-order valence-corrected chi connectivity index (χ2v) is 4.02. The molecule has 0 rings (SSSR count). The fourth-order valence-corrected chi connectivity index (χ4v) is 1.11. The molecule has 0 bridgehead atoms. The van der Waals surface area contributed by atoms with Crippen LogP contribution in [-0.4, -0.2) is 66.4 Å². The predicted molar refractivity (Wildman–Crippen MR) is 61.2 cm³/mol. The first kappa shape index (κ1) is 15.4. The van der Waals surface area contributed by atoms with E-state index in [1.807, 2.05) is 0 Å². The molecule has 0 saturated heterocycles. The molecule has 0 aromatic rings. The lowest BCUT2D eigenvalue weighted by molar-refractivity contribution is -0.140. The van der Waals surface area contributed by atoms with Gasteiger partial charge in [-0.15, -0.1) is 0 Å². The zero-order chi connectivity index (χ0) is 13.6. The van der Waals surface area contributed by atoms with Gasteiger partial charge in [-0.1, -0.05) is 0 Å². The minimum absolute atomic E-state index is 0.0629.